The fraction of sp³-hybridized carbons (Fsp3) is 0.278. The molecule has 0 unspecified atom stereocenters. The maximum Gasteiger partial charge on any atom is 0.266 e. The number of benzene rings is 4. The molecular weight excluding hydrogens is 650 g/mol. The van der Waals surface area contributed by atoms with E-state index in [4.69, 9.17) is 29.0 Å². The van der Waals surface area contributed by atoms with Gasteiger partial charge in [0.15, 0.2) is 11.6 Å². The molecule has 5 rings (SSSR count). The highest BCUT2D eigenvalue weighted by atomic mass is 79.9. The predicted octanol–water partition coefficient (Wildman–Crippen LogP) is 5.59. The van der Waals surface area contributed by atoms with Crippen LogP contribution in [0.2, 0.25) is 0 Å². The number of nitrogens with zero attached hydrogens (tertiary/aromatic N) is 1. The van der Waals surface area contributed by atoms with Crippen molar-refractivity contribution in [3.05, 3.63) is 124 Å². The van der Waals surface area contributed by atoms with Crippen molar-refractivity contribution in [3.63, 3.8) is 0 Å². The standard InChI is InChI=1S/C36H38BrN3O6/c1-43-31-9-5-8-28(23-31)33-36(24-25-11-15-29(37)16-12-25,35(42)40-38-20-19-26-7-3-4-10-32(26)44-2)39-34(46-33)27-13-17-30(18-14-27)45-22-6-21-41/h3-5,7-18,23,33,38,41H,6,19-22,24H2,1-2H3,(H,40,42)/t33-,36-/m0/s1. The lowest BCUT2D eigenvalue weighted by Crippen LogP contribution is -2.54. The molecule has 0 aromatic heterocycles. The molecule has 0 fully saturated rings. The van der Waals surface area contributed by atoms with Gasteiger partial charge in [-0.25, -0.2) is 10.4 Å². The molecule has 0 saturated heterocycles. The fourth-order valence-corrected chi connectivity index (χ4v) is 5.62. The SMILES string of the molecule is COc1cccc([C@@H]2OC(c3ccc(OCCCO)cc3)=N[C@]2(Cc2ccc(Br)cc2)C(=O)NNCCc2ccccc2OC)c1. The van der Waals surface area contributed by atoms with E-state index in [1.807, 2.05) is 97.1 Å². The van der Waals surface area contributed by atoms with Gasteiger partial charge in [-0.1, -0.05) is 58.4 Å². The molecule has 10 heteroatoms. The number of hydrogen-bond acceptors (Lipinski definition) is 8. The van der Waals surface area contributed by atoms with Gasteiger partial charge >= 0.3 is 0 Å². The van der Waals surface area contributed by atoms with Crippen LogP contribution in [0.25, 0.3) is 0 Å². The Bertz CT molecular complexity index is 1630. The minimum atomic E-state index is -1.37. The molecule has 1 heterocycles. The van der Waals surface area contributed by atoms with E-state index in [1.165, 1.54) is 0 Å². The van der Waals surface area contributed by atoms with Crippen LogP contribution >= 0.6 is 15.9 Å². The zero-order valence-electron chi connectivity index (χ0n) is 25.9. The van der Waals surface area contributed by atoms with E-state index in [-0.39, 0.29) is 18.9 Å². The third-order valence-electron chi connectivity index (χ3n) is 7.73. The van der Waals surface area contributed by atoms with Crippen LogP contribution in [0.3, 0.4) is 0 Å². The van der Waals surface area contributed by atoms with Crippen molar-refractivity contribution < 1.29 is 28.8 Å². The summed E-state index contributed by atoms with van der Waals surface area (Å²) in [6.07, 6.45) is 0.688. The zero-order valence-corrected chi connectivity index (χ0v) is 27.5. The van der Waals surface area contributed by atoms with Crippen LogP contribution in [-0.2, 0) is 22.4 Å². The number of amides is 1. The van der Waals surface area contributed by atoms with E-state index in [9.17, 15) is 4.79 Å². The first-order valence-electron chi connectivity index (χ1n) is 15.1. The molecular formula is C36H38BrN3O6. The van der Waals surface area contributed by atoms with Gasteiger partial charge in [0.25, 0.3) is 5.91 Å². The maximum atomic E-state index is 14.4. The highest BCUT2D eigenvalue weighted by molar-refractivity contribution is 9.10. The number of hydrogen-bond donors (Lipinski definition) is 3. The molecule has 4 aromatic rings. The first kappa shape index (κ1) is 33.0. The second-order valence-electron chi connectivity index (χ2n) is 10.8. The van der Waals surface area contributed by atoms with Crippen LogP contribution in [0.5, 0.6) is 17.2 Å². The van der Waals surface area contributed by atoms with Crippen LogP contribution in [-0.4, -0.2) is 56.4 Å². The third-order valence-corrected chi connectivity index (χ3v) is 8.26. The highest BCUT2D eigenvalue weighted by Gasteiger charge is 2.53. The molecule has 1 aliphatic heterocycles. The number of halogens is 1. The van der Waals surface area contributed by atoms with Gasteiger partial charge in [0.05, 0.1) is 20.8 Å². The van der Waals surface area contributed by atoms with E-state index in [2.05, 4.69) is 26.8 Å². The Morgan fingerprint density at radius 1 is 0.957 bits per heavy atom. The summed E-state index contributed by atoms with van der Waals surface area (Å²) in [7, 11) is 3.25. The zero-order chi connectivity index (χ0) is 32.4. The Labute approximate surface area is 277 Å². The van der Waals surface area contributed by atoms with Gasteiger partial charge in [-0.3, -0.25) is 10.2 Å². The number of nitrogens with one attached hydrogen (secondary N) is 2. The number of hydrazine groups is 1. The molecule has 240 valence electrons. The van der Waals surface area contributed by atoms with Gasteiger partial charge in [-0.2, -0.15) is 0 Å². The quantitative estimate of drug-likeness (QED) is 0.110. The average Bonchev–Trinajstić information content (AvgIpc) is 3.48. The lowest BCUT2D eigenvalue weighted by molar-refractivity contribution is -0.130. The van der Waals surface area contributed by atoms with Gasteiger partial charge in [0.1, 0.15) is 17.2 Å². The van der Waals surface area contributed by atoms with Crippen molar-refractivity contribution in [2.75, 3.05) is 34.0 Å². The predicted molar refractivity (Wildman–Crippen MR) is 180 cm³/mol. The number of carbonyl (C=O) groups is 1. The highest BCUT2D eigenvalue weighted by Crippen LogP contribution is 2.43. The number of carbonyl (C=O) groups excluding carboxylic acids is 1. The minimum Gasteiger partial charge on any atom is -0.497 e. The summed E-state index contributed by atoms with van der Waals surface area (Å²) in [5, 5.41) is 9.07. The fourth-order valence-electron chi connectivity index (χ4n) is 5.36. The summed E-state index contributed by atoms with van der Waals surface area (Å²) in [4.78, 5) is 19.5. The van der Waals surface area contributed by atoms with Crippen molar-refractivity contribution in [3.8, 4) is 17.2 Å². The second kappa shape index (κ2) is 15.8. The first-order chi connectivity index (χ1) is 22.5. The summed E-state index contributed by atoms with van der Waals surface area (Å²) in [6.45, 7) is 0.942. The van der Waals surface area contributed by atoms with E-state index in [0.29, 0.717) is 49.0 Å². The largest absolute Gasteiger partial charge is 0.497 e. The van der Waals surface area contributed by atoms with Gasteiger partial charge in [-0.05, 0) is 77.7 Å². The maximum absolute atomic E-state index is 14.4. The normalized spacial score (nSPS) is 17.1. The topological polar surface area (TPSA) is 111 Å². The number of aliphatic imine (C=N–C) groups is 1. The summed E-state index contributed by atoms with van der Waals surface area (Å²) in [5.41, 5.74) is 8.09. The Morgan fingerprint density at radius 2 is 1.74 bits per heavy atom. The molecule has 0 bridgehead atoms. The van der Waals surface area contributed by atoms with Crippen LogP contribution in [0.4, 0.5) is 0 Å². The summed E-state index contributed by atoms with van der Waals surface area (Å²) in [5.74, 6) is 2.12. The van der Waals surface area contributed by atoms with E-state index in [1.54, 1.807) is 14.2 Å². The van der Waals surface area contributed by atoms with Crippen LogP contribution in [0.15, 0.2) is 107 Å². The molecule has 1 aliphatic rings. The molecule has 0 aliphatic carbocycles. The lowest BCUT2D eigenvalue weighted by atomic mass is 9.82. The number of methoxy groups -OCH3 is 2. The average molecular weight is 689 g/mol. The van der Waals surface area contributed by atoms with E-state index in [0.717, 1.165) is 26.9 Å². The Morgan fingerprint density at radius 3 is 2.48 bits per heavy atom. The molecule has 0 radical (unpaired) electrons. The van der Waals surface area contributed by atoms with E-state index >= 15 is 0 Å². The number of aliphatic hydroxyl groups is 1. The Kier molecular flexibility index (Phi) is 11.3. The van der Waals surface area contributed by atoms with Gasteiger partial charge in [0, 0.05) is 36.0 Å². The van der Waals surface area contributed by atoms with Gasteiger partial charge in [-0.15, -0.1) is 0 Å². The smallest absolute Gasteiger partial charge is 0.266 e. The van der Waals surface area contributed by atoms with E-state index < -0.39 is 11.6 Å². The molecule has 2 atom stereocenters. The molecule has 0 spiro atoms. The number of para-hydroxylation sites is 1. The Balaban J connectivity index is 1.48. The molecule has 0 saturated carbocycles. The molecule has 9 nitrogen and oxygen atoms in total. The lowest BCUT2D eigenvalue weighted by Gasteiger charge is -2.31. The van der Waals surface area contributed by atoms with Crippen LogP contribution < -0.4 is 25.1 Å². The Hall–Kier alpha value is -4.38. The minimum absolute atomic E-state index is 0.0617. The van der Waals surface area contributed by atoms with Crippen molar-refractivity contribution in [2.45, 2.75) is 30.9 Å². The van der Waals surface area contributed by atoms with Gasteiger partial charge in [0.2, 0.25) is 5.90 Å². The van der Waals surface area contributed by atoms with Crippen LogP contribution in [0, 0.1) is 0 Å². The monoisotopic (exact) mass is 687 g/mol. The van der Waals surface area contributed by atoms with Crippen molar-refractivity contribution in [1.82, 2.24) is 10.9 Å². The van der Waals surface area contributed by atoms with Crippen molar-refractivity contribution in [2.24, 2.45) is 4.99 Å². The number of rotatable bonds is 15. The number of aliphatic hydroxyl groups excluding tert-OH is 1. The summed E-state index contributed by atoms with van der Waals surface area (Å²) >= 11 is 3.52. The summed E-state index contributed by atoms with van der Waals surface area (Å²) in [6, 6.07) is 30.5. The van der Waals surface area contributed by atoms with Crippen molar-refractivity contribution >= 4 is 27.7 Å². The molecule has 4 aromatic carbocycles. The summed E-state index contributed by atoms with van der Waals surface area (Å²) < 4.78 is 24.3. The third kappa shape index (κ3) is 7.88. The second-order valence-corrected chi connectivity index (χ2v) is 11.7. The first-order valence-corrected chi connectivity index (χ1v) is 15.9. The van der Waals surface area contributed by atoms with Crippen LogP contribution in [0.1, 0.15) is 34.8 Å². The van der Waals surface area contributed by atoms with Gasteiger partial charge < -0.3 is 24.1 Å². The number of ether oxygens (including phenoxy) is 4. The molecule has 3 N–H and O–H groups in total. The molecule has 46 heavy (non-hydrogen) atoms. The van der Waals surface area contributed by atoms with Crippen molar-refractivity contribution in [1.29, 1.82) is 0 Å². The molecule has 1 amide bonds.